The first-order valence-corrected chi connectivity index (χ1v) is 10.5. The average Bonchev–Trinajstić information content (AvgIpc) is 3.38. The van der Waals surface area contributed by atoms with Gasteiger partial charge in [-0.3, -0.25) is 9.59 Å². The molecule has 4 rings (SSSR count). The number of aliphatic hydroxyl groups is 1. The van der Waals surface area contributed by atoms with Crippen LogP contribution in [0.15, 0.2) is 34.9 Å². The van der Waals surface area contributed by atoms with Gasteiger partial charge in [0, 0.05) is 45.2 Å². The fraction of sp³-hybridized carbons (Fsp3) is 0.500. The van der Waals surface area contributed by atoms with Gasteiger partial charge in [-0.1, -0.05) is 17.3 Å². The molecule has 2 aliphatic rings. The van der Waals surface area contributed by atoms with Crippen molar-refractivity contribution in [2.45, 2.75) is 31.9 Å². The van der Waals surface area contributed by atoms with Crippen LogP contribution >= 0.6 is 0 Å². The Bertz CT molecular complexity index is 937. The van der Waals surface area contributed by atoms with Gasteiger partial charge in [-0.05, 0) is 19.1 Å². The Morgan fingerprint density at radius 3 is 2.65 bits per heavy atom. The predicted octanol–water partition coefficient (Wildman–Crippen LogP) is 0.845. The smallest absolute Gasteiger partial charge is 0.245 e. The van der Waals surface area contributed by atoms with Gasteiger partial charge in [0.05, 0.1) is 31.0 Å². The maximum absolute atomic E-state index is 13.2. The monoisotopic (exact) mass is 428 g/mol. The molecule has 0 spiro atoms. The van der Waals surface area contributed by atoms with Gasteiger partial charge in [-0.15, -0.1) is 0 Å². The van der Waals surface area contributed by atoms with Crippen LogP contribution in [-0.2, 0) is 16.0 Å². The van der Waals surface area contributed by atoms with Crippen LogP contribution in [0.25, 0.3) is 0 Å². The van der Waals surface area contributed by atoms with Crippen LogP contribution in [0.4, 0.5) is 5.69 Å². The molecule has 2 saturated heterocycles. The molecular weight excluding hydrogens is 400 g/mol. The predicted molar refractivity (Wildman–Crippen MR) is 113 cm³/mol. The molecular formula is C22H28N4O5. The minimum atomic E-state index is -0.704. The van der Waals surface area contributed by atoms with E-state index in [2.05, 4.69) is 10.1 Å². The number of benzene rings is 1. The molecule has 1 N–H and O–H groups in total. The second-order valence-corrected chi connectivity index (χ2v) is 8.05. The van der Waals surface area contributed by atoms with E-state index in [0.717, 1.165) is 11.4 Å². The number of ether oxygens (including phenoxy) is 1. The first-order chi connectivity index (χ1) is 15.0. The maximum atomic E-state index is 13.2. The van der Waals surface area contributed by atoms with Gasteiger partial charge >= 0.3 is 0 Å². The lowest BCUT2D eigenvalue weighted by Crippen LogP contribution is -2.54. The summed E-state index contributed by atoms with van der Waals surface area (Å²) in [6.07, 6.45) is -0.421. The topological polar surface area (TPSA) is 99.4 Å². The molecule has 2 amide bonds. The van der Waals surface area contributed by atoms with Gasteiger partial charge in [-0.2, -0.15) is 0 Å². The molecule has 0 saturated carbocycles. The van der Waals surface area contributed by atoms with Gasteiger partial charge in [0.15, 0.2) is 0 Å². The van der Waals surface area contributed by atoms with Crippen molar-refractivity contribution in [2.24, 2.45) is 0 Å². The lowest BCUT2D eigenvalue weighted by molar-refractivity contribution is -0.143. The van der Waals surface area contributed by atoms with Crippen LogP contribution in [0.3, 0.4) is 0 Å². The number of amides is 2. The van der Waals surface area contributed by atoms with E-state index in [1.807, 2.05) is 24.3 Å². The lowest BCUT2D eigenvalue weighted by atomic mass is 10.1. The van der Waals surface area contributed by atoms with Crippen molar-refractivity contribution in [2.75, 3.05) is 44.7 Å². The fourth-order valence-corrected chi connectivity index (χ4v) is 4.34. The van der Waals surface area contributed by atoms with E-state index >= 15 is 0 Å². The third-order valence-corrected chi connectivity index (χ3v) is 5.90. The molecule has 3 heterocycles. The minimum absolute atomic E-state index is 0.0267. The van der Waals surface area contributed by atoms with E-state index in [-0.39, 0.29) is 31.2 Å². The first-order valence-electron chi connectivity index (χ1n) is 10.5. The van der Waals surface area contributed by atoms with Crippen LogP contribution in [0.2, 0.25) is 0 Å². The molecule has 9 heteroatoms. The normalized spacial score (nSPS) is 21.5. The summed E-state index contributed by atoms with van der Waals surface area (Å²) in [5.74, 6) is 0.915. The van der Waals surface area contributed by atoms with Crippen LogP contribution in [-0.4, -0.2) is 83.9 Å². The molecule has 1 aromatic carbocycles. The Labute approximate surface area is 181 Å². The molecule has 9 nitrogen and oxygen atoms in total. The number of likely N-dealkylation sites (tertiary alicyclic amines) is 1. The van der Waals surface area contributed by atoms with Crippen molar-refractivity contribution in [3.8, 4) is 5.75 Å². The van der Waals surface area contributed by atoms with Gasteiger partial charge in [-0.25, -0.2) is 0 Å². The largest absolute Gasteiger partial charge is 0.495 e. The number of methoxy groups -OCH3 is 1. The van der Waals surface area contributed by atoms with E-state index < -0.39 is 12.1 Å². The summed E-state index contributed by atoms with van der Waals surface area (Å²) in [4.78, 5) is 31.5. The highest BCUT2D eigenvalue weighted by Gasteiger charge is 2.41. The number of carbonyl (C=O) groups excluding carboxylic acids is 2. The van der Waals surface area contributed by atoms with Gasteiger partial charge < -0.3 is 29.1 Å². The molecule has 2 fully saturated rings. The van der Waals surface area contributed by atoms with Crippen molar-refractivity contribution in [3.63, 3.8) is 0 Å². The highest BCUT2D eigenvalue weighted by Crippen LogP contribution is 2.29. The number of β-amino-alcohol motifs (C(OH)–C–C–N with tert-alkyl or cyclic N) is 1. The SMILES string of the molecule is COc1ccccc1N1CCN(C(=O)C2CC(O)CN2C(=O)Cc2cc(C)no2)CC1. The summed E-state index contributed by atoms with van der Waals surface area (Å²) in [7, 11) is 1.65. The summed E-state index contributed by atoms with van der Waals surface area (Å²) >= 11 is 0. The second-order valence-electron chi connectivity index (χ2n) is 8.05. The number of aromatic nitrogens is 1. The standard InChI is InChI=1S/C22H28N4O5/c1-15-11-17(31-23-15)13-21(28)26-14-16(27)12-19(26)22(29)25-9-7-24(8-10-25)18-5-3-4-6-20(18)30-2/h3-6,11,16,19,27H,7-10,12-14H2,1-2H3. The summed E-state index contributed by atoms with van der Waals surface area (Å²) in [5.41, 5.74) is 1.71. The van der Waals surface area contributed by atoms with Crippen LogP contribution in [0, 0.1) is 6.92 Å². The van der Waals surface area contributed by atoms with Gasteiger partial charge in [0.2, 0.25) is 11.8 Å². The molecule has 2 atom stereocenters. The third-order valence-electron chi connectivity index (χ3n) is 5.90. The number of rotatable bonds is 5. The number of nitrogens with zero attached hydrogens (tertiary/aromatic N) is 4. The number of para-hydroxylation sites is 2. The van der Waals surface area contributed by atoms with Crippen molar-refractivity contribution < 1.29 is 24.0 Å². The Balaban J connectivity index is 1.39. The van der Waals surface area contributed by atoms with Crippen LogP contribution in [0.1, 0.15) is 17.9 Å². The zero-order chi connectivity index (χ0) is 22.0. The summed E-state index contributed by atoms with van der Waals surface area (Å²) in [6, 6.07) is 8.89. The fourth-order valence-electron chi connectivity index (χ4n) is 4.34. The molecule has 1 aromatic heterocycles. The minimum Gasteiger partial charge on any atom is -0.495 e. The Morgan fingerprint density at radius 2 is 1.97 bits per heavy atom. The third kappa shape index (κ3) is 4.51. The number of aliphatic hydroxyl groups excluding tert-OH is 1. The Morgan fingerprint density at radius 1 is 1.23 bits per heavy atom. The van der Waals surface area contributed by atoms with Crippen LogP contribution in [0.5, 0.6) is 5.75 Å². The van der Waals surface area contributed by atoms with E-state index in [0.29, 0.717) is 37.6 Å². The zero-order valence-electron chi connectivity index (χ0n) is 17.9. The molecule has 2 aliphatic heterocycles. The first kappa shape index (κ1) is 21.2. The van der Waals surface area contributed by atoms with E-state index in [1.54, 1.807) is 25.0 Å². The van der Waals surface area contributed by atoms with E-state index in [9.17, 15) is 14.7 Å². The molecule has 31 heavy (non-hydrogen) atoms. The molecule has 2 aromatic rings. The number of hydrogen-bond acceptors (Lipinski definition) is 7. The molecule has 0 aliphatic carbocycles. The second kappa shape index (κ2) is 8.97. The lowest BCUT2D eigenvalue weighted by Gasteiger charge is -2.38. The number of anilines is 1. The molecule has 0 bridgehead atoms. The number of carbonyl (C=O) groups is 2. The summed E-state index contributed by atoms with van der Waals surface area (Å²) < 4.78 is 10.6. The number of piperazine rings is 1. The summed E-state index contributed by atoms with van der Waals surface area (Å²) in [5, 5.41) is 14.0. The van der Waals surface area contributed by atoms with Crippen molar-refractivity contribution in [1.29, 1.82) is 0 Å². The van der Waals surface area contributed by atoms with Crippen molar-refractivity contribution in [1.82, 2.24) is 15.0 Å². The number of hydrogen-bond donors (Lipinski definition) is 1. The van der Waals surface area contributed by atoms with Crippen molar-refractivity contribution >= 4 is 17.5 Å². The Kier molecular flexibility index (Phi) is 6.13. The molecule has 2 unspecified atom stereocenters. The molecule has 166 valence electrons. The van der Waals surface area contributed by atoms with Gasteiger partial charge in [0.1, 0.15) is 17.6 Å². The Hall–Kier alpha value is -3.07. The van der Waals surface area contributed by atoms with Gasteiger partial charge in [0.25, 0.3) is 0 Å². The maximum Gasteiger partial charge on any atom is 0.245 e. The highest BCUT2D eigenvalue weighted by atomic mass is 16.5. The van der Waals surface area contributed by atoms with E-state index in [4.69, 9.17) is 9.26 Å². The zero-order valence-corrected chi connectivity index (χ0v) is 17.9. The average molecular weight is 428 g/mol. The van der Waals surface area contributed by atoms with Crippen LogP contribution < -0.4 is 9.64 Å². The van der Waals surface area contributed by atoms with E-state index in [1.165, 1.54) is 4.90 Å². The summed E-state index contributed by atoms with van der Waals surface area (Å²) in [6.45, 7) is 4.39. The highest BCUT2D eigenvalue weighted by molar-refractivity contribution is 5.89. The quantitative estimate of drug-likeness (QED) is 0.754. The number of aryl methyl sites for hydroxylation is 1. The molecule has 0 radical (unpaired) electrons. The van der Waals surface area contributed by atoms with Crippen molar-refractivity contribution in [3.05, 3.63) is 41.8 Å².